The smallest absolute Gasteiger partial charge is 0.432 e. The molecular weight excluding hydrogens is 378 g/mol. The average Bonchev–Trinajstić information content (AvgIpc) is 3.07. The second-order valence-electron chi connectivity index (χ2n) is 7.21. The second kappa shape index (κ2) is 8.16. The van der Waals surface area contributed by atoms with E-state index in [1.54, 1.807) is 13.0 Å². The van der Waals surface area contributed by atoms with Crippen LogP contribution < -0.4 is 5.32 Å². The molecule has 29 heavy (non-hydrogen) atoms. The second-order valence-corrected chi connectivity index (χ2v) is 7.21. The van der Waals surface area contributed by atoms with Crippen LogP contribution in [0, 0.1) is 13.8 Å². The molecule has 0 bridgehead atoms. The Bertz CT molecular complexity index is 918. The lowest BCUT2D eigenvalue weighted by atomic mass is 9.77. The Labute approximate surface area is 168 Å². The zero-order chi connectivity index (χ0) is 21.2. The summed E-state index contributed by atoms with van der Waals surface area (Å²) in [5, 5.41) is 16.1. The molecule has 2 aromatic rings. The number of rotatable bonds is 5. The van der Waals surface area contributed by atoms with Crippen LogP contribution >= 0.6 is 0 Å². The molecule has 3 rings (SSSR count). The molecule has 2 aromatic heterocycles. The van der Waals surface area contributed by atoms with E-state index < -0.39 is 11.7 Å². The van der Waals surface area contributed by atoms with Crippen molar-refractivity contribution in [1.82, 2.24) is 19.7 Å². The third-order valence-corrected chi connectivity index (χ3v) is 5.34. The number of anilines is 2. The highest BCUT2D eigenvalue weighted by molar-refractivity contribution is 5.79. The van der Waals surface area contributed by atoms with E-state index in [9.17, 15) is 9.59 Å². The number of hydrogen-bond acceptors (Lipinski definition) is 8. The molecule has 0 aromatic carbocycles. The number of ether oxygens (including phenoxy) is 2. The quantitative estimate of drug-likeness (QED) is 0.724. The molecule has 10 heteroatoms. The lowest BCUT2D eigenvalue weighted by Crippen LogP contribution is -2.44. The maximum Gasteiger partial charge on any atom is 0.432 e. The Balaban J connectivity index is 1.77. The Morgan fingerprint density at radius 1 is 1.21 bits per heavy atom. The van der Waals surface area contributed by atoms with Crippen LogP contribution in [0.4, 0.5) is 16.6 Å². The number of aryl methyl sites for hydroxylation is 2. The summed E-state index contributed by atoms with van der Waals surface area (Å²) in [6.07, 6.45) is 1.40. The molecule has 0 saturated heterocycles. The van der Waals surface area contributed by atoms with Crippen molar-refractivity contribution in [2.45, 2.75) is 51.0 Å². The van der Waals surface area contributed by atoms with Crippen molar-refractivity contribution in [3.63, 3.8) is 0 Å². The molecule has 2 N–H and O–H groups in total. The number of carbonyl (C=O) groups is 2. The standard InChI is InChI=1S/C19H25N5O5/c1-11-9-14(13-5-7-19(29-4,8-6-13)16(25)28-3)21-17(20-11)22-15-10-12(2)24(23-15)18(26)27/h9-10,13H,5-8H2,1-4H3,(H,26,27)(H,20,21,22,23). The molecule has 1 saturated carbocycles. The van der Waals surface area contributed by atoms with Gasteiger partial charge in [-0.3, -0.25) is 0 Å². The Morgan fingerprint density at radius 3 is 2.45 bits per heavy atom. The third kappa shape index (κ3) is 4.21. The van der Waals surface area contributed by atoms with Crippen LogP contribution in [-0.2, 0) is 14.3 Å². The Kier molecular flexibility index (Phi) is 5.83. The maximum atomic E-state index is 12.1. The highest BCUT2D eigenvalue weighted by atomic mass is 16.6. The van der Waals surface area contributed by atoms with Gasteiger partial charge in [-0.1, -0.05) is 0 Å². The number of carbonyl (C=O) groups excluding carboxylic acids is 1. The molecule has 0 spiro atoms. The van der Waals surface area contributed by atoms with E-state index in [-0.39, 0.29) is 11.9 Å². The van der Waals surface area contributed by atoms with Gasteiger partial charge in [0.2, 0.25) is 5.95 Å². The van der Waals surface area contributed by atoms with Gasteiger partial charge >= 0.3 is 12.1 Å². The summed E-state index contributed by atoms with van der Waals surface area (Å²) >= 11 is 0. The number of nitrogens with one attached hydrogen (secondary N) is 1. The van der Waals surface area contributed by atoms with Gasteiger partial charge in [0, 0.05) is 36.2 Å². The number of hydrogen-bond donors (Lipinski definition) is 2. The summed E-state index contributed by atoms with van der Waals surface area (Å²) in [6, 6.07) is 3.54. The van der Waals surface area contributed by atoms with Gasteiger partial charge in [0.05, 0.1) is 7.11 Å². The third-order valence-electron chi connectivity index (χ3n) is 5.34. The molecule has 0 atom stereocenters. The average molecular weight is 403 g/mol. The lowest BCUT2D eigenvalue weighted by molar-refractivity contribution is -0.170. The van der Waals surface area contributed by atoms with Crippen LogP contribution in [0.5, 0.6) is 0 Å². The number of methoxy groups -OCH3 is 2. The van der Waals surface area contributed by atoms with Crippen molar-refractivity contribution >= 4 is 23.8 Å². The summed E-state index contributed by atoms with van der Waals surface area (Å²) in [6.45, 7) is 3.52. The van der Waals surface area contributed by atoms with Gasteiger partial charge in [-0.15, -0.1) is 5.10 Å². The van der Waals surface area contributed by atoms with Crippen LogP contribution in [0.1, 0.15) is 48.7 Å². The first-order chi connectivity index (χ1) is 13.8. The summed E-state index contributed by atoms with van der Waals surface area (Å²) < 4.78 is 11.3. The van der Waals surface area contributed by atoms with Crippen molar-refractivity contribution in [2.75, 3.05) is 19.5 Å². The van der Waals surface area contributed by atoms with E-state index in [2.05, 4.69) is 20.4 Å². The van der Waals surface area contributed by atoms with Crippen molar-refractivity contribution in [3.05, 3.63) is 29.2 Å². The first-order valence-electron chi connectivity index (χ1n) is 9.34. The maximum absolute atomic E-state index is 12.1. The molecule has 0 amide bonds. The molecule has 0 unspecified atom stereocenters. The fourth-order valence-corrected chi connectivity index (χ4v) is 3.76. The molecule has 0 radical (unpaired) electrons. The molecule has 1 aliphatic carbocycles. The van der Waals surface area contributed by atoms with Gasteiger partial charge in [0.15, 0.2) is 11.4 Å². The Morgan fingerprint density at radius 2 is 1.90 bits per heavy atom. The van der Waals surface area contributed by atoms with Gasteiger partial charge < -0.3 is 19.9 Å². The van der Waals surface area contributed by atoms with Gasteiger partial charge in [0.25, 0.3) is 0 Å². The first kappa shape index (κ1) is 20.7. The van der Waals surface area contributed by atoms with Crippen molar-refractivity contribution in [3.8, 4) is 0 Å². The fourth-order valence-electron chi connectivity index (χ4n) is 3.76. The molecule has 1 fully saturated rings. The van der Waals surface area contributed by atoms with E-state index in [1.807, 2.05) is 13.0 Å². The molecule has 156 valence electrons. The van der Waals surface area contributed by atoms with Gasteiger partial charge in [-0.25, -0.2) is 19.6 Å². The van der Waals surface area contributed by atoms with Crippen LogP contribution in [0.15, 0.2) is 12.1 Å². The zero-order valence-electron chi connectivity index (χ0n) is 16.9. The topological polar surface area (TPSA) is 128 Å². The normalized spacial score (nSPS) is 21.6. The number of aromatic nitrogens is 4. The highest BCUT2D eigenvalue weighted by Crippen LogP contribution is 2.40. The number of carboxylic acid groups (broad SMARTS) is 1. The first-order valence-corrected chi connectivity index (χ1v) is 9.34. The number of nitrogens with zero attached hydrogens (tertiary/aromatic N) is 4. The molecule has 1 aliphatic rings. The van der Waals surface area contributed by atoms with E-state index in [4.69, 9.17) is 14.6 Å². The Hall–Kier alpha value is -3.01. The molecular formula is C19H25N5O5. The van der Waals surface area contributed by atoms with Crippen LogP contribution in [0.3, 0.4) is 0 Å². The van der Waals surface area contributed by atoms with Crippen molar-refractivity contribution < 1.29 is 24.2 Å². The number of esters is 1. The van der Waals surface area contributed by atoms with E-state index in [1.165, 1.54) is 14.2 Å². The van der Waals surface area contributed by atoms with Crippen molar-refractivity contribution in [2.24, 2.45) is 0 Å². The summed E-state index contributed by atoms with van der Waals surface area (Å²) in [5.41, 5.74) is 1.24. The minimum absolute atomic E-state index is 0.156. The summed E-state index contributed by atoms with van der Waals surface area (Å²) in [5.74, 6) is 0.522. The van der Waals surface area contributed by atoms with E-state index in [0.29, 0.717) is 30.3 Å². The fraction of sp³-hybridized carbons (Fsp3) is 0.526. The highest BCUT2D eigenvalue weighted by Gasteiger charge is 2.43. The predicted molar refractivity (Wildman–Crippen MR) is 103 cm³/mol. The van der Waals surface area contributed by atoms with Crippen LogP contribution in [0.25, 0.3) is 0 Å². The zero-order valence-corrected chi connectivity index (χ0v) is 16.9. The van der Waals surface area contributed by atoms with Crippen LogP contribution in [-0.4, -0.2) is 56.7 Å². The SMILES string of the molecule is COC(=O)C1(OC)CCC(c2cc(C)nc(Nc3cc(C)n(C(=O)O)n3)n2)CC1. The minimum Gasteiger partial charge on any atom is -0.467 e. The van der Waals surface area contributed by atoms with Gasteiger partial charge in [0.1, 0.15) is 0 Å². The molecule has 10 nitrogen and oxygen atoms in total. The van der Waals surface area contributed by atoms with Gasteiger partial charge in [-0.2, -0.15) is 4.68 Å². The largest absolute Gasteiger partial charge is 0.467 e. The van der Waals surface area contributed by atoms with E-state index in [0.717, 1.165) is 28.9 Å². The van der Waals surface area contributed by atoms with Crippen molar-refractivity contribution in [1.29, 1.82) is 0 Å². The predicted octanol–water partition coefficient (Wildman–Crippen LogP) is 2.78. The molecule has 2 heterocycles. The minimum atomic E-state index is -1.16. The van der Waals surface area contributed by atoms with E-state index >= 15 is 0 Å². The monoisotopic (exact) mass is 403 g/mol. The summed E-state index contributed by atoms with van der Waals surface area (Å²) in [7, 11) is 2.90. The van der Waals surface area contributed by atoms with Crippen LogP contribution in [0.2, 0.25) is 0 Å². The molecule has 0 aliphatic heterocycles. The lowest BCUT2D eigenvalue weighted by Gasteiger charge is -2.36. The summed E-state index contributed by atoms with van der Waals surface area (Å²) in [4.78, 5) is 32.2. The van der Waals surface area contributed by atoms with Gasteiger partial charge in [-0.05, 0) is 45.6 Å².